The maximum atomic E-state index is 4.60. The average molecular weight is 300 g/mol. The van der Waals surface area contributed by atoms with E-state index in [2.05, 4.69) is 79.2 Å². The quantitative estimate of drug-likeness (QED) is 0.590. The number of hydrogen-bond acceptors (Lipinski definition) is 2. The molecule has 0 unspecified atom stereocenters. The summed E-state index contributed by atoms with van der Waals surface area (Å²) in [6, 6.07) is 21.4. The van der Waals surface area contributed by atoms with Crippen LogP contribution < -0.4 is 4.90 Å². The van der Waals surface area contributed by atoms with Crippen LogP contribution >= 0.6 is 0 Å². The first-order chi connectivity index (χ1) is 11.1. The third kappa shape index (κ3) is 2.06. The third-order valence-corrected chi connectivity index (χ3v) is 4.76. The highest BCUT2D eigenvalue weighted by Crippen LogP contribution is 2.51. The monoisotopic (exact) mass is 300 g/mol. The van der Waals surface area contributed by atoms with Crippen LogP contribution in [0.4, 0.5) is 17.2 Å². The number of para-hydroxylation sites is 1. The lowest BCUT2D eigenvalue weighted by Gasteiger charge is -2.41. The Kier molecular flexibility index (Phi) is 3.02. The Morgan fingerprint density at radius 1 is 0.826 bits per heavy atom. The van der Waals surface area contributed by atoms with E-state index in [1.165, 1.54) is 28.1 Å². The van der Waals surface area contributed by atoms with E-state index in [1.54, 1.807) is 0 Å². The van der Waals surface area contributed by atoms with E-state index in [0.29, 0.717) is 0 Å². The van der Waals surface area contributed by atoms with Crippen molar-refractivity contribution < 1.29 is 0 Å². The van der Waals surface area contributed by atoms with Crippen LogP contribution in [0.2, 0.25) is 0 Å². The summed E-state index contributed by atoms with van der Waals surface area (Å²) < 4.78 is 0. The lowest BCUT2D eigenvalue weighted by atomic mass is 9.73. The number of anilines is 3. The molecule has 0 fully saturated rings. The second-order valence-corrected chi connectivity index (χ2v) is 6.69. The normalized spacial score (nSPS) is 15.0. The molecule has 1 aromatic heterocycles. The van der Waals surface area contributed by atoms with Crippen molar-refractivity contribution in [3.63, 3.8) is 0 Å². The highest BCUT2D eigenvalue weighted by atomic mass is 15.2. The van der Waals surface area contributed by atoms with E-state index >= 15 is 0 Å². The van der Waals surface area contributed by atoms with Gasteiger partial charge < -0.3 is 0 Å². The zero-order valence-electron chi connectivity index (χ0n) is 13.7. The fourth-order valence-corrected chi connectivity index (χ4v) is 3.56. The van der Waals surface area contributed by atoms with Crippen LogP contribution in [0.5, 0.6) is 0 Å². The number of fused-ring (bicyclic) bond motifs is 2. The Morgan fingerprint density at radius 3 is 2.35 bits per heavy atom. The van der Waals surface area contributed by atoms with Crippen LogP contribution in [0.1, 0.15) is 30.5 Å². The van der Waals surface area contributed by atoms with Crippen LogP contribution in [-0.2, 0) is 5.41 Å². The van der Waals surface area contributed by atoms with Crippen molar-refractivity contribution in [2.45, 2.75) is 26.2 Å². The van der Waals surface area contributed by atoms with Gasteiger partial charge in [-0.3, -0.25) is 4.90 Å². The Hall–Kier alpha value is -2.61. The van der Waals surface area contributed by atoms with Crippen molar-refractivity contribution in [2.24, 2.45) is 0 Å². The van der Waals surface area contributed by atoms with Gasteiger partial charge >= 0.3 is 0 Å². The van der Waals surface area contributed by atoms with Crippen molar-refractivity contribution in [3.05, 3.63) is 83.6 Å². The molecule has 0 N–H and O–H groups in total. The Bertz CT molecular complexity index is 866. The number of rotatable bonds is 1. The summed E-state index contributed by atoms with van der Waals surface area (Å²) in [5, 5.41) is 0. The number of hydrogen-bond donors (Lipinski definition) is 0. The van der Waals surface area contributed by atoms with Crippen molar-refractivity contribution in [1.82, 2.24) is 4.98 Å². The largest absolute Gasteiger partial charge is 0.294 e. The van der Waals surface area contributed by atoms with Gasteiger partial charge in [0.25, 0.3) is 0 Å². The molecule has 114 valence electrons. The number of pyridine rings is 1. The van der Waals surface area contributed by atoms with Crippen LogP contribution in [0.3, 0.4) is 0 Å². The molecule has 1 aliphatic rings. The summed E-state index contributed by atoms with van der Waals surface area (Å²) >= 11 is 0. The Labute approximate surface area is 137 Å². The highest BCUT2D eigenvalue weighted by molar-refractivity contribution is 5.84. The van der Waals surface area contributed by atoms with Gasteiger partial charge in [0.15, 0.2) is 0 Å². The molecule has 0 aliphatic carbocycles. The van der Waals surface area contributed by atoms with Gasteiger partial charge in [-0.1, -0.05) is 50.2 Å². The van der Waals surface area contributed by atoms with Crippen molar-refractivity contribution in [2.75, 3.05) is 4.90 Å². The van der Waals surface area contributed by atoms with E-state index in [1.807, 2.05) is 18.3 Å². The van der Waals surface area contributed by atoms with Crippen LogP contribution in [-0.4, -0.2) is 4.98 Å². The maximum Gasteiger partial charge on any atom is 0.137 e. The van der Waals surface area contributed by atoms with E-state index in [9.17, 15) is 0 Å². The van der Waals surface area contributed by atoms with Crippen LogP contribution in [0, 0.1) is 6.92 Å². The molecule has 0 amide bonds. The van der Waals surface area contributed by atoms with Gasteiger partial charge in [0.05, 0.1) is 11.4 Å². The molecule has 3 aromatic rings. The first-order valence-electron chi connectivity index (χ1n) is 8.01. The third-order valence-electron chi connectivity index (χ3n) is 4.76. The van der Waals surface area contributed by atoms with Crippen molar-refractivity contribution in [1.29, 1.82) is 0 Å². The smallest absolute Gasteiger partial charge is 0.137 e. The molecule has 0 saturated carbocycles. The number of aryl methyl sites for hydroxylation is 1. The van der Waals surface area contributed by atoms with Crippen LogP contribution in [0.15, 0.2) is 66.9 Å². The topological polar surface area (TPSA) is 16.1 Å². The molecule has 0 radical (unpaired) electrons. The van der Waals surface area contributed by atoms with E-state index in [4.69, 9.17) is 0 Å². The summed E-state index contributed by atoms with van der Waals surface area (Å²) in [4.78, 5) is 6.88. The molecule has 1 aliphatic heterocycles. The molecule has 4 rings (SSSR count). The number of aromatic nitrogens is 1. The summed E-state index contributed by atoms with van der Waals surface area (Å²) in [5.74, 6) is 0.960. The van der Waals surface area contributed by atoms with Gasteiger partial charge in [0, 0.05) is 11.6 Å². The van der Waals surface area contributed by atoms with Gasteiger partial charge in [0.2, 0.25) is 0 Å². The summed E-state index contributed by atoms with van der Waals surface area (Å²) in [6.07, 6.45) is 1.85. The van der Waals surface area contributed by atoms with Crippen LogP contribution in [0.25, 0.3) is 0 Å². The molecular weight excluding hydrogens is 280 g/mol. The van der Waals surface area contributed by atoms with E-state index in [0.717, 1.165) is 5.82 Å². The molecule has 2 heteroatoms. The molecule has 0 atom stereocenters. The number of benzene rings is 2. The maximum absolute atomic E-state index is 4.60. The Balaban J connectivity index is 2.06. The van der Waals surface area contributed by atoms with Gasteiger partial charge in [0.1, 0.15) is 5.82 Å². The van der Waals surface area contributed by atoms with Gasteiger partial charge in [-0.25, -0.2) is 4.98 Å². The standard InChI is InChI=1S/C21H20N2/c1-15-11-12-17-19(14-15)23(20-10-6-7-13-22-20)18-9-5-4-8-16(18)21(17,2)3/h4-14H,1-3H3. The Morgan fingerprint density at radius 2 is 1.57 bits per heavy atom. The molecule has 23 heavy (non-hydrogen) atoms. The lowest BCUT2D eigenvalue weighted by molar-refractivity contribution is 0.631. The average Bonchev–Trinajstić information content (AvgIpc) is 2.56. The van der Waals surface area contributed by atoms with Crippen molar-refractivity contribution in [3.8, 4) is 0 Å². The minimum atomic E-state index is -0.0229. The van der Waals surface area contributed by atoms with E-state index < -0.39 is 0 Å². The zero-order chi connectivity index (χ0) is 16.0. The predicted molar refractivity (Wildman–Crippen MR) is 95.8 cm³/mol. The molecule has 2 heterocycles. The van der Waals surface area contributed by atoms with Gasteiger partial charge in [-0.2, -0.15) is 0 Å². The minimum Gasteiger partial charge on any atom is -0.294 e. The first-order valence-corrected chi connectivity index (χ1v) is 8.01. The van der Waals surface area contributed by atoms with Gasteiger partial charge in [-0.15, -0.1) is 0 Å². The number of nitrogens with zero attached hydrogens (tertiary/aromatic N) is 2. The fourth-order valence-electron chi connectivity index (χ4n) is 3.56. The summed E-state index contributed by atoms with van der Waals surface area (Å²) in [6.45, 7) is 6.75. The van der Waals surface area contributed by atoms with E-state index in [-0.39, 0.29) is 5.41 Å². The molecule has 2 nitrogen and oxygen atoms in total. The molecule has 0 spiro atoms. The molecular formula is C21H20N2. The van der Waals surface area contributed by atoms with Crippen molar-refractivity contribution >= 4 is 17.2 Å². The second kappa shape index (κ2) is 4.95. The van der Waals surface area contributed by atoms with Gasteiger partial charge in [-0.05, 0) is 47.9 Å². The molecule has 2 aromatic carbocycles. The fraction of sp³-hybridized carbons (Fsp3) is 0.190. The highest BCUT2D eigenvalue weighted by Gasteiger charge is 2.36. The lowest BCUT2D eigenvalue weighted by Crippen LogP contribution is -2.30. The summed E-state index contributed by atoms with van der Waals surface area (Å²) in [7, 11) is 0. The SMILES string of the molecule is Cc1ccc2c(c1)N(c1ccccn1)c1ccccc1C2(C)C. The summed E-state index contributed by atoms with van der Waals surface area (Å²) in [5.41, 5.74) is 6.36. The first kappa shape index (κ1) is 14.0. The minimum absolute atomic E-state index is 0.0229. The molecule has 0 bridgehead atoms. The predicted octanol–water partition coefficient (Wildman–Crippen LogP) is 5.50. The molecule has 0 saturated heterocycles. The second-order valence-electron chi connectivity index (χ2n) is 6.69. The zero-order valence-corrected chi connectivity index (χ0v) is 13.7.